The Morgan fingerprint density at radius 3 is 1.67 bits per heavy atom. The Morgan fingerprint density at radius 1 is 0.791 bits per heavy atom. The number of aliphatic imine (C=N–C) groups is 2. The lowest BCUT2D eigenvalue weighted by atomic mass is 10.1. The fourth-order valence-electron chi connectivity index (χ4n) is 5.41. The van der Waals surface area contributed by atoms with Crippen molar-refractivity contribution in [2.45, 2.75) is 79.9 Å². The van der Waals surface area contributed by atoms with Crippen molar-refractivity contribution in [2.75, 3.05) is 65.7 Å². The molecule has 1 aliphatic heterocycles. The van der Waals surface area contributed by atoms with Crippen LogP contribution in [0.15, 0.2) is 34.3 Å². The van der Waals surface area contributed by atoms with Crippen LogP contribution < -0.4 is 4.74 Å². The largest absolute Gasteiger partial charge is 0.501 e. The van der Waals surface area contributed by atoms with E-state index < -0.39 is 8.80 Å². The molecule has 0 radical (unpaired) electrons. The lowest BCUT2D eigenvalue weighted by Gasteiger charge is -2.30. The highest BCUT2D eigenvalue weighted by Crippen LogP contribution is 2.31. The molecular weight excluding hydrogens is 564 g/mol. The summed E-state index contributed by atoms with van der Waals surface area (Å²) in [6.07, 6.45) is 1.68. The van der Waals surface area contributed by atoms with Gasteiger partial charge < -0.3 is 18.0 Å². The summed E-state index contributed by atoms with van der Waals surface area (Å²) in [7, 11) is -2.67. The number of hydrogen-bond donors (Lipinski definition) is 0. The lowest BCUT2D eigenvalue weighted by Crippen LogP contribution is -2.46. The first-order chi connectivity index (χ1) is 20.6. The summed E-state index contributed by atoms with van der Waals surface area (Å²) in [5.74, 6) is 1.09. The number of Topliss-reactive ketones (excluding diaryl/α,β-unsaturated/α-hetero) is 2. The molecule has 1 saturated heterocycles. The molecular formula is C32H54N4O6Si. The Hall–Kier alpha value is -2.28. The number of ether oxygens (including phenoxy) is 1. The second kappa shape index (κ2) is 19.9. The number of carbonyl (C=O) groups excluding carboxylic acids is 2. The molecule has 0 N–H and O–H groups in total. The van der Waals surface area contributed by atoms with Crippen molar-refractivity contribution in [3.8, 4) is 5.75 Å². The smallest absolute Gasteiger partial charge is 0.494 e. The normalized spacial score (nSPS) is 17.0. The average Bonchev–Trinajstić information content (AvgIpc) is 3.33. The van der Waals surface area contributed by atoms with Gasteiger partial charge in [0.05, 0.1) is 25.9 Å². The third-order valence-corrected chi connectivity index (χ3v) is 10.2. The van der Waals surface area contributed by atoms with Crippen LogP contribution in [0.25, 0.3) is 0 Å². The van der Waals surface area contributed by atoms with Crippen LogP contribution in [0.1, 0.15) is 79.5 Å². The highest BCUT2D eigenvalue weighted by Gasteiger charge is 2.39. The summed E-state index contributed by atoms with van der Waals surface area (Å²) >= 11 is 0. The molecule has 0 aliphatic carbocycles. The molecule has 43 heavy (non-hydrogen) atoms. The van der Waals surface area contributed by atoms with Crippen LogP contribution in [-0.2, 0) is 22.9 Å². The van der Waals surface area contributed by atoms with Gasteiger partial charge in [-0.15, -0.1) is 0 Å². The van der Waals surface area contributed by atoms with Crippen LogP contribution in [-0.4, -0.2) is 107 Å². The molecule has 1 aromatic rings. The standard InChI is InChI=1S/C32H54N4O6Si/c1-8-40-43(41-9-2,42-10-3)23-11-22-39-31-14-12-30(13-15-31)32-35(18-16-33-26(4)24-28(6)37)20-21-36(32)19-17-34-27(5)25-29(7)38/h12-15,32H,8-11,16-25H2,1-7H3. The monoisotopic (exact) mass is 618 g/mol. The summed E-state index contributed by atoms with van der Waals surface area (Å²) in [5, 5.41) is 0. The summed E-state index contributed by atoms with van der Waals surface area (Å²) in [6, 6.07) is 9.06. The van der Waals surface area contributed by atoms with E-state index in [1.54, 1.807) is 13.8 Å². The van der Waals surface area contributed by atoms with Gasteiger partial charge in [-0.25, -0.2) is 0 Å². The van der Waals surface area contributed by atoms with Crippen molar-refractivity contribution in [2.24, 2.45) is 9.98 Å². The number of carbonyl (C=O) groups is 2. The highest BCUT2D eigenvalue weighted by atomic mass is 28.4. The van der Waals surface area contributed by atoms with E-state index >= 15 is 0 Å². The second-order valence-electron chi connectivity index (χ2n) is 10.9. The molecule has 11 heteroatoms. The quantitative estimate of drug-likeness (QED) is 0.102. The van der Waals surface area contributed by atoms with Crippen molar-refractivity contribution >= 4 is 31.8 Å². The van der Waals surface area contributed by atoms with Crippen molar-refractivity contribution in [3.05, 3.63) is 29.8 Å². The molecule has 0 amide bonds. The van der Waals surface area contributed by atoms with Gasteiger partial charge in [-0.2, -0.15) is 0 Å². The number of benzene rings is 1. The molecule has 242 valence electrons. The Labute approximate surface area is 260 Å². The fourth-order valence-corrected chi connectivity index (χ4v) is 7.99. The van der Waals surface area contributed by atoms with Crippen molar-refractivity contribution in [3.63, 3.8) is 0 Å². The van der Waals surface area contributed by atoms with Gasteiger partial charge in [-0.05, 0) is 72.6 Å². The Bertz CT molecular complexity index is 988. The predicted molar refractivity (Wildman–Crippen MR) is 174 cm³/mol. The molecule has 0 aromatic heterocycles. The van der Waals surface area contributed by atoms with Gasteiger partial charge >= 0.3 is 8.80 Å². The van der Waals surface area contributed by atoms with Gasteiger partial charge in [0.2, 0.25) is 0 Å². The van der Waals surface area contributed by atoms with E-state index in [-0.39, 0.29) is 17.7 Å². The maximum Gasteiger partial charge on any atom is 0.501 e. The first kappa shape index (κ1) is 36.9. The number of hydrogen-bond acceptors (Lipinski definition) is 10. The van der Waals surface area contributed by atoms with Crippen molar-refractivity contribution in [1.82, 2.24) is 9.80 Å². The zero-order valence-corrected chi connectivity index (χ0v) is 28.5. The summed E-state index contributed by atoms with van der Waals surface area (Å²) < 4.78 is 24.0. The maximum atomic E-state index is 11.4. The molecule has 0 atom stereocenters. The SMILES string of the molecule is CCO[Si](CCCOc1ccc(C2N(CCN=C(C)CC(C)=O)CCN2CCN=C(C)CC(C)=O)cc1)(OCC)OCC. The molecule has 1 heterocycles. The van der Waals surface area contributed by atoms with E-state index in [1.807, 2.05) is 46.8 Å². The Balaban J connectivity index is 2.06. The van der Waals surface area contributed by atoms with E-state index in [0.29, 0.717) is 52.4 Å². The minimum absolute atomic E-state index is 0.0934. The Morgan fingerprint density at radius 2 is 1.26 bits per heavy atom. The van der Waals surface area contributed by atoms with Crippen molar-refractivity contribution in [1.29, 1.82) is 0 Å². The zero-order valence-electron chi connectivity index (χ0n) is 27.5. The van der Waals surface area contributed by atoms with Gasteiger partial charge in [0.25, 0.3) is 0 Å². The number of rotatable bonds is 22. The topological polar surface area (TPSA) is 102 Å². The third kappa shape index (κ3) is 13.5. The van der Waals surface area contributed by atoms with Crippen LogP contribution in [0.3, 0.4) is 0 Å². The molecule has 0 saturated carbocycles. The average molecular weight is 619 g/mol. The van der Waals surface area contributed by atoms with E-state index in [2.05, 4.69) is 31.9 Å². The summed E-state index contributed by atoms with van der Waals surface area (Å²) in [4.78, 5) is 37.0. The van der Waals surface area contributed by atoms with E-state index in [1.165, 1.54) is 5.56 Å². The molecule has 10 nitrogen and oxygen atoms in total. The van der Waals surface area contributed by atoms with Gasteiger partial charge in [0.15, 0.2) is 0 Å². The molecule has 0 bridgehead atoms. The predicted octanol–water partition coefficient (Wildman–Crippen LogP) is 5.00. The molecule has 1 fully saturated rings. The van der Waals surface area contributed by atoms with Gasteiger partial charge in [-0.3, -0.25) is 29.4 Å². The third-order valence-electron chi connectivity index (χ3n) is 7.08. The minimum Gasteiger partial charge on any atom is -0.494 e. The molecule has 1 aliphatic rings. The molecule has 2 rings (SSSR count). The van der Waals surface area contributed by atoms with Crippen LogP contribution >= 0.6 is 0 Å². The van der Waals surface area contributed by atoms with Crippen LogP contribution in [0.5, 0.6) is 5.75 Å². The van der Waals surface area contributed by atoms with E-state index in [4.69, 9.17) is 18.0 Å². The van der Waals surface area contributed by atoms with E-state index in [0.717, 1.165) is 55.8 Å². The molecule has 0 unspecified atom stereocenters. The van der Waals surface area contributed by atoms with Crippen molar-refractivity contribution < 1.29 is 27.6 Å². The minimum atomic E-state index is -2.67. The van der Waals surface area contributed by atoms with E-state index in [9.17, 15) is 9.59 Å². The fraction of sp³-hybridized carbons (Fsp3) is 0.688. The second-order valence-corrected chi connectivity index (χ2v) is 13.7. The van der Waals surface area contributed by atoms with Crippen LogP contribution in [0.4, 0.5) is 0 Å². The molecule has 0 spiro atoms. The van der Waals surface area contributed by atoms with Crippen LogP contribution in [0.2, 0.25) is 6.04 Å². The van der Waals surface area contributed by atoms with Gasteiger partial charge in [0.1, 0.15) is 17.3 Å². The number of ketones is 2. The first-order valence-electron chi connectivity index (χ1n) is 15.7. The molecule has 1 aromatic carbocycles. The van der Waals surface area contributed by atoms with Gasteiger partial charge in [-0.1, -0.05) is 12.1 Å². The lowest BCUT2D eigenvalue weighted by molar-refractivity contribution is -0.116. The zero-order chi connectivity index (χ0) is 31.7. The Kier molecular flexibility index (Phi) is 17.1. The van der Waals surface area contributed by atoms with Crippen LogP contribution in [0, 0.1) is 0 Å². The highest BCUT2D eigenvalue weighted by molar-refractivity contribution is 6.60. The summed E-state index contributed by atoms with van der Waals surface area (Å²) in [6.45, 7) is 19.9. The maximum absolute atomic E-state index is 11.4. The first-order valence-corrected chi connectivity index (χ1v) is 17.7. The van der Waals surface area contributed by atoms with Gasteiger partial charge in [0, 0.05) is 76.3 Å². The summed E-state index contributed by atoms with van der Waals surface area (Å²) in [5.41, 5.74) is 2.94. The number of nitrogens with zero attached hydrogens (tertiary/aromatic N) is 4.